The topological polar surface area (TPSA) is 37.4 Å². The molecule has 27 heavy (non-hydrogen) atoms. The quantitative estimate of drug-likeness (QED) is 0.719. The zero-order valence-corrected chi connectivity index (χ0v) is 17.7. The van der Waals surface area contributed by atoms with E-state index in [1.165, 1.54) is 0 Å². The van der Waals surface area contributed by atoms with Crippen LogP contribution in [0.3, 0.4) is 0 Å². The average Bonchev–Trinajstić information content (AvgIpc) is 2.52. The lowest BCUT2D eigenvalue weighted by atomic mass is 9.82. The molecule has 1 aliphatic heterocycles. The van der Waals surface area contributed by atoms with E-state index in [0.29, 0.717) is 4.90 Å². The van der Waals surface area contributed by atoms with E-state index in [1.807, 2.05) is 63.2 Å². The van der Waals surface area contributed by atoms with Crippen molar-refractivity contribution in [3.63, 3.8) is 0 Å². The third-order valence-corrected chi connectivity index (χ3v) is 7.80. The molecule has 3 rings (SSSR count). The van der Waals surface area contributed by atoms with Crippen LogP contribution in [0, 0.1) is 26.7 Å². The number of benzene rings is 2. The summed E-state index contributed by atoms with van der Waals surface area (Å²) in [4.78, 5) is 0.448. The first-order valence-corrected chi connectivity index (χ1v) is 10.9. The van der Waals surface area contributed by atoms with Crippen LogP contribution in [0.25, 0.3) is 5.57 Å². The lowest BCUT2D eigenvalue weighted by molar-refractivity contribution is 0.110. The molecule has 1 heterocycles. The fraction of sp³-hybridized carbons (Fsp3) is 0.391. The summed E-state index contributed by atoms with van der Waals surface area (Å²) in [7, 11) is -3.60. The van der Waals surface area contributed by atoms with Crippen LogP contribution < -0.4 is 0 Å². The van der Waals surface area contributed by atoms with Crippen molar-refractivity contribution in [2.75, 3.05) is 0 Å². The summed E-state index contributed by atoms with van der Waals surface area (Å²) in [6, 6.07) is 13.6. The van der Waals surface area contributed by atoms with E-state index < -0.39 is 10.0 Å². The van der Waals surface area contributed by atoms with Crippen molar-refractivity contribution in [2.45, 2.75) is 58.0 Å². The maximum Gasteiger partial charge on any atom is 0.244 e. The first-order chi connectivity index (χ1) is 12.6. The Balaban J connectivity index is 2.06. The highest BCUT2D eigenvalue weighted by molar-refractivity contribution is 7.89. The molecule has 2 aromatic rings. The van der Waals surface area contributed by atoms with Crippen molar-refractivity contribution in [1.29, 1.82) is 0 Å². The Morgan fingerprint density at radius 1 is 1.07 bits per heavy atom. The second kappa shape index (κ2) is 7.25. The fourth-order valence-corrected chi connectivity index (χ4v) is 6.64. The molecule has 0 amide bonds. The first kappa shape index (κ1) is 19.8. The lowest BCUT2D eigenvalue weighted by Crippen LogP contribution is -2.60. The Bertz CT molecular complexity index is 938. The molecule has 0 aromatic heterocycles. The highest BCUT2D eigenvalue weighted by Crippen LogP contribution is 2.43. The smallest absolute Gasteiger partial charge is 0.207 e. The number of nitrogens with zero attached hydrogens (tertiary/aromatic N) is 1. The monoisotopic (exact) mass is 383 g/mol. The SMILES string of the molecule is C=C(c1ccccc1)[C@@H]1C[C@H](C(C)C)N1S(=O)(=O)c1c(C)cc(C)cc1C. The van der Waals surface area contributed by atoms with Gasteiger partial charge in [0, 0.05) is 6.04 Å². The highest BCUT2D eigenvalue weighted by atomic mass is 32.2. The normalized spacial score (nSPS) is 20.5. The summed E-state index contributed by atoms with van der Waals surface area (Å²) in [5, 5.41) is 0. The van der Waals surface area contributed by atoms with Gasteiger partial charge < -0.3 is 0 Å². The zero-order valence-electron chi connectivity index (χ0n) is 16.9. The highest BCUT2D eigenvalue weighted by Gasteiger charge is 2.49. The van der Waals surface area contributed by atoms with E-state index in [4.69, 9.17) is 0 Å². The van der Waals surface area contributed by atoms with Crippen LogP contribution in [0.4, 0.5) is 0 Å². The maximum absolute atomic E-state index is 13.7. The summed E-state index contributed by atoms with van der Waals surface area (Å²) < 4.78 is 29.1. The standard InChI is InChI=1S/C23H29NO2S/c1-15(2)21-14-22(19(6)20-10-8-7-9-11-20)24(21)27(25,26)23-17(4)12-16(3)13-18(23)5/h7-13,15,21-22H,6,14H2,1-5H3/t21-,22+/m1/s1. The van der Waals surface area contributed by atoms with Gasteiger partial charge in [-0.3, -0.25) is 0 Å². The fourth-order valence-electron chi connectivity index (χ4n) is 4.26. The van der Waals surface area contributed by atoms with E-state index in [1.54, 1.807) is 4.31 Å². The van der Waals surface area contributed by atoms with Crippen LogP contribution in [0.5, 0.6) is 0 Å². The summed E-state index contributed by atoms with van der Waals surface area (Å²) in [6.45, 7) is 14.2. The van der Waals surface area contributed by atoms with Gasteiger partial charge in [0.1, 0.15) is 0 Å². The summed E-state index contributed by atoms with van der Waals surface area (Å²) in [5.74, 6) is 0.255. The van der Waals surface area contributed by atoms with Crippen molar-refractivity contribution in [1.82, 2.24) is 4.31 Å². The predicted molar refractivity (Wildman–Crippen MR) is 112 cm³/mol. The molecule has 2 atom stereocenters. The molecule has 144 valence electrons. The molecule has 0 bridgehead atoms. The number of hydrogen-bond donors (Lipinski definition) is 0. The minimum Gasteiger partial charge on any atom is -0.207 e. The Kier molecular flexibility index (Phi) is 5.33. The van der Waals surface area contributed by atoms with Crippen LogP contribution in [0.1, 0.15) is 42.5 Å². The van der Waals surface area contributed by atoms with E-state index in [9.17, 15) is 8.42 Å². The van der Waals surface area contributed by atoms with Crippen LogP contribution in [0.2, 0.25) is 0 Å². The van der Waals surface area contributed by atoms with Crippen molar-refractivity contribution in [2.24, 2.45) is 5.92 Å². The zero-order chi connectivity index (χ0) is 19.9. The summed E-state index contributed by atoms with van der Waals surface area (Å²) in [5.41, 5.74) is 4.58. The van der Waals surface area contributed by atoms with E-state index in [-0.39, 0.29) is 18.0 Å². The van der Waals surface area contributed by atoms with Gasteiger partial charge in [-0.2, -0.15) is 4.31 Å². The van der Waals surface area contributed by atoms with Crippen LogP contribution >= 0.6 is 0 Å². The molecule has 2 aromatic carbocycles. The van der Waals surface area contributed by atoms with Gasteiger partial charge in [0.25, 0.3) is 0 Å². The van der Waals surface area contributed by atoms with Gasteiger partial charge in [0.05, 0.1) is 10.9 Å². The molecule has 0 radical (unpaired) electrons. The second-order valence-electron chi connectivity index (χ2n) is 8.02. The molecule has 0 saturated carbocycles. The molecule has 0 N–H and O–H groups in total. The van der Waals surface area contributed by atoms with Crippen molar-refractivity contribution < 1.29 is 8.42 Å². The van der Waals surface area contributed by atoms with E-state index in [0.717, 1.165) is 34.2 Å². The molecule has 0 spiro atoms. The van der Waals surface area contributed by atoms with E-state index in [2.05, 4.69) is 20.4 Å². The van der Waals surface area contributed by atoms with Crippen LogP contribution in [0.15, 0.2) is 53.9 Å². The molecule has 1 saturated heterocycles. The van der Waals surface area contributed by atoms with Gasteiger partial charge in [-0.1, -0.05) is 68.5 Å². The molecule has 3 nitrogen and oxygen atoms in total. The predicted octanol–water partition coefficient (Wildman–Crippen LogP) is 5.11. The molecule has 4 heteroatoms. The molecule has 1 aliphatic rings. The largest absolute Gasteiger partial charge is 0.244 e. The Labute approximate surface area is 163 Å². The summed E-state index contributed by atoms with van der Waals surface area (Å²) >= 11 is 0. The Hall–Kier alpha value is -1.91. The van der Waals surface area contributed by atoms with Crippen molar-refractivity contribution in [3.05, 3.63) is 71.3 Å². The average molecular weight is 384 g/mol. The summed E-state index contributed by atoms with van der Waals surface area (Å²) in [6.07, 6.45) is 0.814. The molecular formula is C23H29NO2S. The van der Waals surface area contributed by atoms with Gasteiger partial charge in [-0.25, -0.2) is 8.42 Å². The minimum atomic E-state index is -3.60. The van der Waals surface area contributed by atoms with E-state index >= 15 is 0 Å². The van der Waals surface area contributed by atoms with Crippen molar-refractivity contribution >= 4 is 15.6 Å². The third-order valence-electron chi connectivity index (χ3n) is 5.56. The first-order valence-electron chi connectivity index (χ1n) is 9.50. The van der Waals surface area contributed by atoms with Crippen molar-refractivity contribution in [3.8, 4) is 0 Å². The number of aryl methyl sites for hydroxylation is 3. The Morgan fingerprint density at radius 3 is 2.15 bits per heavy atom. The Morgan fingerprint density at radius 2 is 1.63 bits per heavy atom. The number of rotatable bonds is 5. The molecule has 0 unspecified atom stereocenters. The third kappa shape index (κ3) is 3.48. The van der Waals surface area contributed by atoms with Gasteiger partial charge in [0.2, 0.25) is 10.0 Å². The second-order valence-corrected chi connectivity index (χ2v) is 9.80. The van der Waals surface area contributed by atoms with Gasteiger partial charge in [-0.15, -0.1) is 0 Å². The van der Waals surface area contributed by atoms with Gasteiger partial charge >= 0.3 is 0 Å². The van der Waals surface area contributed by atoms with Gasteiger partial charge in [0.15, 0.2) is 0 Å². The maximum atomic E-state index is 13.7. The molecule has 0 aliphatic carbocycles. The number of sulfonamides is 1. The lowest BCUT2D eigenvalue weighted by Gasteiger charge is -2.50. The number of hydrogen-bond acceptors (Lipinski definition) is 2. The van der Waals surface area contributed by atoms with Gasteiger partial charge in [-0.05, 0) is 55.4 Å². The minimum absolute atomic E-state index is 0.000523. The molecular weight excluding hydrogens is 354 g/mol. The molecule has 1 fully saturated rings. The van der Waals surface area contributed by atoms with Crippen LogP contribution in [-0.2, 0) is 10.0 Å². The van der Waals surface area contributed by atoms with Crippen LogP contribution in [-0.4, -0.2) is 24.8 Å².